The average molecular weight is 793 g/mol. The zero-order valence-corrected chi connectivity index (χ0v) is 32.8. The molecule has 0 radical (unpaired) electrons. The van der Waals surface area contributed by atoms with Gasteiger partial charge in [0.2, 0.25) is 12.4 Å². The number of aromatic nitrogens is 4. The van der Waals surface area contributed by atoms with Crippen LogP contribution in [0.1, 0.15) is 74.0 Å². The Kier molecular flexibility index (Phi) is 15.6. The molecule has 1 amide bonds. The Bertz CT molecular complexity index is 1950. The second-order valence-electron chi connectivity index (χ2n) is 13.9. The summed E-state index contributed by atoms with van der Waals surface area (Å²) in [5, 5.41) is 24.4. The van der Waals surface area contributed by atoms with Crippen molar-refractivity contribution in [3.63, 3.8) is 0 Å². The average Bonchev–Trinajstić information content (AvgIpc) is 3.55. The molecule has 2 unspecified atom stereocenters. The first-order valence-corrected chi connectivity index (χ1v) is 20.0. The lowest BCUT2D eigenvalue weighted by atomic mass is 9.88. The molecule has 2 atom stereocenters. The largest absolute Gasteiger partial charge is 0.432 e. The molecule has 17 heteroatoms. The number of nitriles is 1. The number of likely N-dealkylation sites (tertiary alicyclic amines) is 1. The van der Waals surface area contributed by atoms with E-state index in [0.717, 1.165) is 80.3 Å². The van der Waals surface area contributed by atoms with Crippen LogP contribution in [0.25, 0.3) is 10.9 Å². The van der Waals surface area contributed by atoms with Crippen LogP contribution in [0.4, 0.5) is 20.5 Å². The summed E-state index contributed by atoms with van der Waals surface area (Å²) < 4.78 is 46.6. The van der Waals surface area contributed by atoms with Crippen LogP contribution in [0, 0.1) is 11.3 Å². The van der Waals surface area contributed by atoms with Crippen molar-refractivity contribution >= 4 is 46.4 Å². The number of benzene rings is 2. The van der Waals surface area contributed by atoms with Crippen LogP contribution in [0.5, 0.6) is 5.75 Å². The predicted molar refractivity (Wildman–Crippen MR) is 211 cm³/mol. The number of carbonyl (C=O) groups is 2. The molecule has 300 valence electrons. The maximum Gasteiger partial charge on any atom is 0.387 e. The summed E-state index contributed by atoms with van der Waals surface area (Å²) in [4.78, 5) is 30.3. The van der Waals surface area contributed by atoms with Crippen molar-refractivity contribution < 1.29 is 27.3 Å². The van der Waals surface area contributed by atoms with Crippen molar-refractivity contribution in [1.29, 1.82) is 5.26 Å². The van der Waals surface area contributed by atoms with Crippen LogP contribution in [0.3, 0.4) is 0 Å². The molecule has 2 saturated heterocycles. The maximum atomic E-state index is 13.6. The lowest BCUT2D eigenvalue weighted by Crippen LogP contribution is -2.40. The molecule has 2 aliphatic rings. The lowest BCUT2D eigenvalue weighted by molar-refractivity contribution is -0.110. The molecule has 2 fully saturated rings. The van der Waals surface area contributed by atoms with Gasteiger partial charge in [-0.15, -0.1) is 0 Å². The van der Waals surface area contributed by atoms with Gasteiger partial charge in [0.25, 0.3) is 0 Å². The molecule has 4 aromatic rings. The molecule has 3 N–H and O–H groups in total. The highest BCUT2D eigenvalue weighted by atomic mass is 32.2. The van der Waals surface area contributed by atoms with Crippen LogP contribution in [0.15, 0.2) is 53.7 Å². The summed E-state index contributed by atoms with van der Waals surface area (Å²) in [5.41, 5.74) is 4.10. The molecule has 2 aromatic heterocycles. The van der Waals surface area contributed by atoms with Gasteiger partial charge in [0.1, 0.15) is 17.3 Å². The minimum Gasteiger partial charge on any atom is -0.432 e. The molecule has 4 heterocycles. The SMILES string of the molecule is CNc1nn(C)c2cc(C3CCN(CCC(C)c4cc(S(=O)N5CCC(Nc6ncc(OC(F)F)cn6)CC5)ccc4C#N)CC3)ccc12.O=CCCNC=O. The zero-order chi connectivity index (χ0) is 40.0. The third kappa shape index (κ3) is 11.3. The molecule has 0 saturated carbocycles. The van der Waals surface area contributed by atoms with Crippen molar-refractivity contribution in [3.8, 4) is 11.8 Å². The molecule has 0 spiro atoms. The highest BCUT2D eigenvalue weighted by Gasteiger charge is 2.26. The van der Waals surface area contributed by atoms with E-state index in [1.54, 1.807) is 12.1 Å². The van der Waals surface area contributed by atoms with Gasteiger partial charge in [-0.3, -0.25) is 9.48 Å². The topological polar surface area (TPSA) is 170 Å². The monoisotopic (exact) mass is 792 g/mol. The first kappa shape index (κ1) is 42.1. The second-order valence-corrected chi connectivity index (χ2v) is 15.4. The normalized spacial score (nSPS) is 16.7. The van der Waals surface area contributed by atoms with Gasteiger partial charge in [-0.25, -0.2) is 18.5 Å². The number of piperidine rings is 2. The van der Waals surface area contributed by atoms with Crippen molar-refractivity contribution in [2.24, 2.45) is 7.05 Å². The Labute approximate surface area is 328 Å². The Morgan fingerprint density at radius 1 is 1.05 bits per heavy atom. The number of anilines is 2. The van der Waals surface area contributed by atoms with Crippen molar-refractivity contribution in [2.75, 3.05) is 56.9 Å². The maximum absolute atomic E-state index is 13.6. The summed E-state index contributed by atoms with van der Waals surface area (Å²) >= 11 is 0. The van der Waals surface area contributed by atoms with E-state index in [4.69, 9.17) is 0 Å². The number of halogens is 2. The Balaban J connectivity index is 0.000000784. The highest BCUT2D eigenvalue weighted by Crippen LogP contribution is 2.33. The number of ether oxygens (including phenoxy) is 1. The number of hydrogen-bond donors (Lipinski definition) is 3. The number of amides is 1. The lowest BCUT2D eigenvalue weighted by Gasteiger charge is -2.33. The van der Waals surface area contributed by atoms with E-state index in [1.165, 1.54) is 18.0 Å². The Morgan fingerprint density at radius 2 is 1.79 bits per heavy atom. The van der Waals surface area contributed by atoms with Crippen molar-refractivity contribution in [1.82, 2.24) is 34.3 Å². The smallest absolute Gasteiger partial charge is 0.387 e. The van der Waals surface area contributed by atoms with Crippen molar-refractivity contribution in [3.05, 3.63) is 65.5 Å². The van der Waals surface area contributed by atoms with Gasteiger partial charge in [0.15, 0.2) is 11.6 Å². The van der Waals surface area contributed by atoms with Crippen LogP contribution >= 0.6 is 0 Å². The van der Waals surface area contributed by atoms with Crippen LogP contribution in [-0.2, 0) is 27.6 Å². The highest BCUT2D eigenvalue weighted by molar-refractivity contribution is 7.82. The summed E-state index contributed by atoms with van der Waals surface area (Å²) in [5.74, 6) is 1.82. The minimum absolute atomic E-state index is 0.0630. The van der Waals surface area contributed by atoms with E-state index in [1.807, 2.05) is 29.1 Å². The van der Waals surface area contributed by atoms with Gasteiger partial charge in [-0.1, -0.05) is 13.0 Å². The quantitative estimate of drug-likeness (QED) is 0.101. The van der Waals surface area contributed by atoms with Gasteiger partial charge >= 0.3 is 6.61 Å². The fourth-order valence-corrected chi connectivity index (χ4v) is 8.40. The number of nitrogens with one attached hydrogen (secondary N) is 3. The fourth-order valence-electron chi connectivity index (χ4n) is 7.15. The molecule has 2 aromatic carbocycles. The van der Waals surface area contributed by atoms with Gasteiger partial charge in [0.05, 0.1) is 34.4 Å². The van der Waals surface area contributed by atoms with E-state index in [9.17, 15) is 27.8 Å². The molecule has 6 rings (SSSR count). The first-order valence-electron chi connectivity index (χ1n) is 18.9. The number of rotatable bonds is 16. The van der Waals surface area contributed by atoms with Gasteiger partial charge < -0.3 is 30.4 Å². The third-order valence-electron chi connectivity index (χ3n) is 10.3. The molecule has 0 bridgehead atoms. The van der Waals surface area contributed by atoms with Crippen LogP contribution in [-0.4, -0.2) is 105 Å². The first-order chi connectivity index (χ1) is 27.1. The standard InChI is InChI=1S/C35H43F2N9O2S.C4H7NO2/c1-23(8-13-45-14-9-24(10-15-45)25-5-7-30-32(18-25)44(3)43-33(30)39-2)31-19-29(6-4-26(31)20-38)49(47)46-16-11-27(12-17-46)42-35-40-21-28(22-41-35)48-34(36)37;6-3-1-2-5-4-7/h4-7,18-19,21-24,27,34H,8-17H2,1-3H3,(H,39,43)(H,40,41,42);3-4H,1-2H2,(H,5,7). The number of aryl methyl sites for hydroxylation is 1. The summed E-state index contributed by atoms with van der Waals surface area (Å²) in [6, 6.07) is 14.7. The van der Waals surface area contributed by atoms with Crippen molar-refractivity contribution in [2.45, 2.75) is 74.8 Å². The summed E-state index contributed by atoms with van der Waals surface area (Å²) in [6.45, 7) is 3.90. The second kappa shape index (κ2) is 20.7. The number of alkyl halides is 2. The number of hydrogen-bond acceptors (Lipinski definition) is 11. The Hall–Kier alpha value is -5.05. The molecular formula is C39H50F2N10O4S. The number of carbonyl (C=O) groups excluding carboxylic acids is 2. The molecule has 56 heavy (non-hydrogen) atoms. The summed E-state index contributed by atoms with van der Waals surface area (Å²) in [7, 11) is 2.53. The van der Waals surface area contributed by atoms with Gasteiger partial charge in [0, 0.05) is 51.6 Å². The zero-order valence-electron chi connectivity index (χ0n) is 32.0. The molecular weight excluding hydrogens is 743 g/mol. The number of aldehydes is 1. The number of nitrogens with zero attached hydrogens (tertiary/aromatic N) is 7. The molecule has 14 nitrogen and oxygen atoms in total. The third-order valence-corrected chi connectivity index (χ3v) is 11.8. The summed E-state index contributed by atoms with van der Waals surface area (Å²) in [6.07, 6.45) is 8.72. The van der Waals surface area contributed by atoms with Gasteiger partial charge in [-0.05, 0) is 105 Å². The van der Waals surface area contributed by atoms with E-state index in [-0.39, 0.29) is 17.7 Å². The van der Waals surface area contributed by atoms with E-state index in [0.29, 0.717) is 54.8 Å². The van der Waals surface area contributed by atoms with E-state index < -0.39 is 17.6 Å². The van der Waals surface area contributed by atoms with Crippen LogP contribution in [0.2, 0.25) is 0 Å². The van der Waals surface area contributed by atoms with Gasteiger partial charge in [-0.2, -0.15) is 19.1 Å². The minimum atomic E-state index is -2.93. The predicted octanol–water partition coefficient (Wildman–Crippen LogP) is 5.17. The fraction of sp³-hybridized carbons (Fsp3) is 0.487. The Morgan fingerprint density at radius 3 is 2.43 bits per heavy atom. The van der Waals surface area contributed by atoms with Crippen LogP contribution < -0.4 is 20.7 Å². The van der Waals surface area contributed by atoms with E-state index >= 15 is 0 Å². The number of fused-ring (bicyclic) bond motifs is 1. The molecule has 2 aliphatic heterocycles. The van der Waals surface area contributed by atoms with E-state index in [2.05, 4.69) is 71.8 Å². The molecule has 0 aliphatic carbocycles.